The molecule has 0 radical (unpaired) electrons. The Morgan fingerprint density at radius 1 is 1.26 bits per heavy atom. The number of rotatable bonds is 5. The van der Waals surface area contributed by atoms with Crippen LogP contribution < -0.4 is 0 Å². The van der Waals surface area contributed by atoms with Crippen molar-refractivity contribution in [1.29, 1.82) is 0 Å². The first-order chi connectivity index (χ1) is 11.0. The van der Waals surface area contributed by atoms with Crippen molar-refractivity contribution in [3.8, 4) is 0 Å². The summed E-state index contributed by atoms with van der Waals surface area (Å²) < 4.78 is 1.74. The fraction of sp³-hybridized carbons (Fsp3) is 0.133. The number of carboxylic acids is 1. The van der Waals surface area contributed by atoms with E-state index in [1.54, 1.807) is 28.9 Å². The van der Waals surface area contributed by atoms with Crippen molar-refractivity contribution in [2.75, 3.05) is 0 Å². The Hall–Kier alpha value is -3.29. The van der Waals surface area contributed by atoms with E-state index in [1.807, 2.05) is 0 Å². The van der Waals surface area contributed by atoms with Crippen molar-refractivity contribution in [2.24, 2.45) is 0 Å². The van der Waals surface area contributed by atoms with Crippen LogP contribution in [0.4, 0.5) is 5.69 Å². The predicted molar refractivity (Wildman–Crippen MR) is 80.2 cm³/mol. The van der Waals surface area contributed by atoms with Crippen molar-refractivity contribution in [3.63, 3.8) is 0 Å². The number of nitro benzene ring substituents is 1. The first-order valence-electron chi connectivity index (χ1n) is 6.79. The number of imidazole rings is 1. The van der Waals surface area contributed by atoms with Crippen LogP contribution in [0.15, 0.2) is 42.9 Å². The zero-order chi connectivity index (χ0) is 16.4. The van der Waals surface area contributed by atoms with Crippen LogP contribution in [0.1, 0.15) is 17.0 Å². The summed E-state index contributed by atoms with van der Waals surface area (Å²) in [4.78, 5) is 29.6. The smallest absolute Gasteiger partial charge is 0.308 e. The lowest BCUT2D eigenvalue weighted by Gasteiger charge is -2.07. The van der Waals surface area contributed by atoms with Gasteiger partial charge in [-0.15, -0.1) is 0 Å². The molecule has 3 aromatic rings. The highest BCUT2D eigenvalue weighted by atomic mass is 16.6. The van der Waals surface area contributed by atoms with E-state index in [1.165, 1.54) is 18.3 Å². The van der Waals surface area contributed by atoms with Crippen LogP contribution >= 0.6 is 0 Å². The van der Waals surface area contributed by atoms with E-state index in [2.05, 4.69) is 9.97 Å². The average molecular weight is 312 g/mol. The summed E-state index contributed by atoms with van der Waals surface area (Å²) in [5.41, 5.74) is 1.99. The second-order valence-corrected chi connectivity index (χ2v) is 4.99. The molecule has 0 fully saturated rings. The number of carbonyl (C=O) groups is 1. The number of benzene rings is 1. The lowest BCUT2D eigenvalue weighted by Crippen LogP contribution is -2.07. The maximum Gasteiger partial charge on any atom is 0.308 e. The van der Waals surface area contributed by atoms with Crippen LogP contribution in [0, 0.1) is 10.1 Å². The van der Waals surface area contributed by atoms with Crippen LogP contribution in [-0.4, -0.2) is 30.4 Å². The minimum Gasteiger partial charge on any atom is -0.481 e. The molecule has 1 N–H and O–H groups in total. The third-order valence-corrected chi connectivity index (χ3v) is 3.43. The zero-order valence-electron chi connectivity index (χ0n) is 11.9. The van der Waals surface area contributed by atoms with E-state index in [0.717, 1.165) is 5.56 Å². The number of hydrogen-bond acceptors (Lipinski definition) is 5. The summed E-state index contributed by atoms with van der Waals surface area (Å²) in [5, 5.41) is 19.6. The Morgan fingerprint density at radius 3 is 2.65 bits per heavy atom. The van der Waals surface area contributed by atoms with E-state index in [9.17, 15) is 14.9 Å². The highest BCUT2D eigenvalue weighted by Gasteiger charge is 2.12. The summed E-state index contributed by atoms with van der Waals surface area (Å²) in [7, 11) is 0. The average Bonchev–Trinajstić information content (AvgIpc) is 3.00. The van der Waals surface area contributed by atoms with Gasteiger partial charge in [0.2, 0.25) is 0 Å². The largest absolute Gasteiger partial charge is 0.481 e. The Kier molecular flexibility index (Phi) is 3.71. The lowest BCUT2D eigenvalue weighted by atomic mass is 10.1. The maximum absolute atomic E-state index is 10.9. The molecule has 0 saturated heterocycles. The highest BCUT2D eigenvalue weighted by Crippen LogP contribution is 2.16. The summed E-state index contributed by atoms with van der Waals surface area (Å²) in [6, 6.07) is 6.24. The number of aliphatic carboxylic acids is 1. The summed E-state index contributed by atoms with van der Waals surface area (Å²) in [6.45, 7) is 0. The van der Waals surface area contributed by atoms with Crippen molar-refractivity contribution in [2.45, 2.75) is 12.8 Å². The molecule has 0 amide bonds. The molecule has 23 heavy (non-hydrogen) atoms. The van der Waals surface area contributed by atoms with Gasteiger partial charge in [0.1, 0.15) is 11.5 Å². The van der Waals surface area contributed by atoms with Crippen molar-refractivity contribution < 1.29 is 14.8 Å². The molecule has 8 heteroatoms. The number of carboxylic acid groups (broad SMARTS) is 1. The first-order valence-corrected chi connectivity index (χ1v) is 6.79. The van der Waals surface area contributed by atoms with E-state index in [-0.39, 0.29) is 12.1 Å². The molecule has 2 aromatic heterocycles. The van der Waals surface area contributed by atoms with Crippen molar-refractivity contribution >= 4 is 17.3 Å². The number of non-ortho nitro benzene ring substituents is 1. The SMILES string of the molecule is O=C(O)Cc1cnc(Cc2ccc([N+](=O)[O-])cc2)n2ccnc12. The third kappa shape index (κ3) is 3.00. The molecule has 0 aliphatic heterocycles. The minimum atomic E-state index is -0.945. The summed E-state index contributed by atoms with van der Waals surface area (Å²) >= 11 is 0. The number of nitro groups is 1. The van der Waals surface area contributed by atoms with Gasteiger partial charge in [-0.2, -0.15) is 0 Å². The molecule has 8 nitrogen and oxygen atoms in total. The fourth-order valence-electron chi connectivity index (χ4n) is 2.36. The molecule has 116 valence electrons. The molecule has 0 aliphatic carbocycles. The number of hydrogen-bond donors (Lipinski definition) is 1. The lowest BCUT2D eigenvalue weighted by molar-refractivity contribution is -0.384. The Balaban J connectivity index is 1.93. The van der Waals surface area contributed by atoms with E-state index < -0.39 is 10.9 Å². The predicted octanol–water partition coefficient (Wildman–Crippen LogP) is 1.86. The van der Waals surface area contributed by atoms with Crippen LogP contribution in [0.3, 0.4) is 0 Å². The van der Waals surface area contributed by atoms with E-state index in [0.29, 0.717) is 23.5 Å². The molecular weight excluding hydrogens is 300 g/mol. The fourth-order valence-corrected chi connectivity index (χ4v) is 2.36. The van der Waals surface area contributed by atoms with E-state index in [4.69, 9.17) is 5.11 Å². The molecule has 0 aliphatic rings. The van der Waals surface area contributed by atoms with Crippen LogP contribution in [0.5, 0.6) is 0 Å². The summed E-state index contributed by atoms with van der Waals surface area (Å²) in [5.74, 6) is -0.264. The molecule has 3 rings (SSSR count). The van der Waals surface area contributed by atoms with Crippen LogP contribution in [0.2, 0.25) is 0 Å². The van der Waals surface area contributed by atoms with Crippen LogP contribution in [-0.2, 0) is 17.6 Å². The quantitative estimate of drug-likeness (QED) is 0.568. The Labute approximate surface area is 130 Å². The second kappa shape index (κ2) is 5.84. The first kappa shape index (κ1) is 14.6. The monoisotopic (exact) mass is 312 g/mol. The van der Waals surface area contributed by atoms with Gasteiger partial charge in [-0.25, -0.2) is 9.97 Å². The van der Waals surface area contributed by atoms with Gasteiger partial charge in [0.25, 0.3) is 5.69 Å². The highest BCUT2D eigenvalue weighted by molar-refractivity contribution is 5.73. The van der Waals surface area contributed by atoms with Gasteiger partial charge in [-0.05, 0) is 5.56 Å². The minimum absolute atomic E-state index is 0.0336. The van der Waals surface area contributed by atoms with Crippen LogP contribution in [0.25, 0.3) is 5.65 Å². The molecule has 0 spiro atoms. The Bertz CT molecular complexity index is 886. The number of aromatic nitrogens is 3. The van der Waals surface area contributed by atoms with Gasteiger partial charge < -0.3 is 5.11 Å². The number of nitrogens with zero attached hydrogens (tertiary/aromatic N) is 4. The van der Waals surface area contributed by atoms with Gasteiger partial charge in [0.05, 0.1) is 11.3 Å². The molecule has 0 atom stereocenters. The normalized spacial score (nSPS) is 10.8. The van der Waals surface area contributed by atoms with E-state index >= 15 is 0 Å². The maximum atomic E-state index is 10.9. The number of fused-ring (bicyclic) bond motifs is 1. The van der Waals surface area contributed by atoms with Gasteiger partial charge in [-0.1, -0.05) is 12.1 Å². The topological polar surface area (TPSA) is 111 Å². The molecule has 0 unspecified atom stereocenters. The second-order valence-electron chi connectivity index (χ2n) is 4.99. The third-order valence-electron chi connectivity index (χ3n) is 3.43. The van der Waals surface area contributed by atoms with Gasteiger partial charge in [0, 0.05) is 42.7 Å². The van der Waals surface area contributed by atoms with Gasteiger partial charge >= 0.3 is 5.97 Å². The molecule has 1 aromatic carbocycles. The molecule has 0 bridgehead atoms. The van der Waals surface area contributed by atoms with Crippen molar-refractivity contribution in [3.05, 3.63) is 69.9 Å². The van der Waals surface area contributed by atoms with Gasteiger partial charge in [-0.3, -0.25) is 19.3 Å². The van der Waals surface area contributed by atoms with Crippen molar-refractivity contribution in [1.82, 2.24) is 14.4 Å². The van der Waals surface area contributed by atoms with Gasteiger partial charge in [0.15, 0.2) is 0 Å². The Morgan fingerprint density at radius 2 is 2.00 bits per heavy atom. The zero-order valence-corrected chi connectivity index (χ0v) is 11.9. The molecule has 0 saturated carbocycles. The standard InChI is InChI=1S/C15H12N4O4/c20-14(21)8-11-9-17-13(18-6-5-16-15(11)18)7-10-1-3-12(4-2-10)19(22)23/h1-6,9H,7-8H2,(H,20,21). The molecule has 2 heterocycles. The molecular formula is C15H12N4O4. The summed E-state index contributed by atoms with van der Waals surface area (Å²) in [6.07, 6.45) is 5.12.